The Balaban J connectivity index is 4.99. The lowest BCUT2D eigenvalue weighted by atomic mass is 10.0. The van der Waals surface area contributed by atoms with Gasteiger partial charge in [-0.2, -0.15) is 0 Å². The van der Waals surface area contributed by atoms with Crippen LogP contribution in [0.2, 0.25) is 0 Å². The summed E-state index contributed by atoms with van der Waals surface area (Å²) >= 11 is 0. The molecule has 6 heteroatoms. The average Bonchev–Trinajstić information content (AvgIpc) is 2.54. The second-order valence-corrected chi connectivity index (χ2v) is 8.42. The summed E-state index contributed by atoms with van der Waals surface area (Å²) in [4.78, 5) is 26.0. The van der Waals surface area contributed by atoms with Crippen molar-refractivity contribution in [1.82, 2.24) is 10.2 Å². The van der Waals surface area contributed by atoms with Gasteiger partial charge in [0.05, 0.1) is 5.92 Å². The van der Waals surface area contributed by atoms with Crippen molar-refractivity contribution in [2.45, 2.75) is 98.1 Å². The van der Waals surface area contributed by atoms with Gasteiger partial charge in [0.1, 0.15) is 5.60 Å². The van der Waals surface area contributed by atoms with Crippen LogP contribution in [0.1, 0.15) is 86.5 Å². The lowest BCUT2D eigenvalue weighted by Crippen LogP contribution is -2.47. The van der Waals surface area contributed by atoms with E-state index in [1.165, 1.54) is 0 Å². The van der Waals surface area contributed by atoms with Gasteiger partial charge in [-0.15, -0.1) is 0 Å². The zero-order chi connectivity index (χ0) is 20.9. The number of hydrogen-bond donors (Lipinski definition) is 2. The quantitative estimate of drug-likeness (QED) is 0.453. The van der Waals surface area contributed by atoms with E-state index in [2.05, 4.69) is 31.0 Å². The van der Waals surface area contributed by atoms with E-state index in [1.54, 1.807) is 0 Å². The van der Waals surface area contributed by atoms with Gasteiger partial charge in [0, 0.05) is 19.1 Å². The molecule has 0 aromatic carbocycles. The van der Waals surface area contributed by atoms with Crippen LogP contribution in [0.3, 0.4) is 0 Å². The van der Waals surface area contributed by atoms with Crippen molar-refractivity contribution in [3.8, 4) is 0 Å². The number of carbonyl (C=O) groups is 2. The SMILES string of the molecule is CCCC[C@@H](CN(CCCC)C[C@@H](CCC)NC(=O)OC(C)(C)C)C(=O)O. The summed E-state index contributed by atoms with van der Waals surface area (Å²) in [5.74, 6) is -1.08. The van der Waals surface area contributed by atoms with Crippen LogP contribution < -0.4 is 5.32 Å². The van der Waals surface area contributed by atoms with E-state index < -0.39 is 17.7 Å². The Hall–Kier alpha value is -1.30. The van der Waals surface area contributed by atoms with E-state index in [9.17, 15) is 14.7 Å². The maximum absolute atomic E-state index is 12.2. The minimum atomic E-state index is -0.725. The number of ether oxygens (including phenoxy) is 1. The fourth-order valence-corrected chi connectivity index (χ4v) is 3.04. The van der Waals surface area contributed by atoms with Crippen LogP contribution in [-0.4, -0.2) is 53.3 Å². The van der Waals surface area contributed by atoms with Gasteiger partial charge in [0.2, 0.25) is 0 Å². The number of nitrogens with one attached hydrogen (secondary N) is 1. The first-order valence-corrected chi connectivity index (χ1v) is 10.6. The standard InChI is InChI=1S/C21H42N2O4/c1-7-10-13-17(19(24)25)15-23(14-11-8-2)16-18(12-9-3)22-20(26)27-21(4,5)6/h17-18H,7-16H2,1-6H3,(H,22,26)(H,24,25)/t17-,18+/m0/s1. The first-order valence-electron chi connectivity index (χ1n) is 10.6. The number of carboxylic acids is 1. The molecule has 2 N–H and O–H groups in total. The summed E-state index contributed by atoms with van der Waals surface area (Å²) in [5.41, 5.74) is -0.530. The van der Waals surface area contributed by atoms with E-state index in [0.717, 1.165) is 45.1 Å². The molecule has 0 aromatic heterocycles. The number of unbranched alkanes of at least 4 members (excludes halogenated alkanes) is 2. The summed E-state index contributed by atoms with van der Waals surface area (Å²) in [7, 11) is 0. The molecule has 0 saturated heterocycles. The van der Waals surface area contributed by atoms with Crippen LogP contribution in [0.4, 0.5) is 4.79 Å². The van der Waals surface area contributed by atoms with Gasteiger partial charge >= 0.3 is 12.1 Å². The smallest absolute Gasteiger partial charge is 0.407 e. The largest absolute Gasteiger partial charge is 0.481 e. The molecule has 1 amide bonds. The zero-order valence-electron chi connectivity index (χ0n) is 18.3. The third-order valence-corrected chi connectivity index (χ3v) is 4.40. The molecule has 27 heavy (non-hydrogen) atoms. The number of carbonyl (C=O) groups excluding carboxylic acids is 1. The van der Waals surface area contributed by atoms with Crippen LogP contribution in [0.25, 0.3) is 0 Å². The lowest BCUT2D eigenvalue weighted by Gasteiger charge is -2.30. The van der Waals surface area contributed by atoms with Gasteiger partial charge in [-0.1, -0.05) is 46.5 Å². The third-order valence-electron chi connectivity index (χ3n) is 4.40. The summed E-state index contributed by atoms with van der Waals surface area (Å²) in [6.07, 6.45) is 6.08. The van der Waals surface area contributed by atoms with Gasteiger partial charge < -0.3 is 20.1 Å². The number of rotatable bonds is 14. The molecule has 0 radical (unpaired) electrons. The Bertz CT molecular complexity index is 421. The van der Waals surface area contributed by atoms with E-state index in [4.69, 9.17) is 4.74 Å². The van der Waals surface area contributed by atoms with E-state index in [-0.39, 0.29) is 12.0 Å². The number of hydrogen-bond acceptors (Lipinski definition) is 4. The maximum atomic E-state index is 12.2. The number of aliphatic carboxylic acids is 1. The van der Waals surface area contributed by atoms with Gasteiger partial charge in [-0.3, -0.25) is 4.79 Å². The molecule has 2 atom stereocenters. The van der Waals surface area contributed by atoms with Crippen molar-refractivity contribution >= 4 is 12.1 Å². The minimum absolute atomic E-state index is 0.0395. The molecule has 0 bridgehead atoms. The number of amides is 1. The summed E-state index contributed by atoms with van der Waals surface area (Å²) < 4.78 is 5.39. The van der Waals surface area contributed by atoms with E-state index >= 15 is 0 Å². The van der Waals surface area contributed by atoms with Gasteiger partial charge in [0.15, 0.2) is 0 Å². The number of nitrogens with zero attached hydrogens (tertiary/aromatic N) is 1. The van der Waals surface area contributed by atoms with Crippen molar-refractivity contribution < 1.29 is 19.4 Å². The van der Waals surface area contributed by atoms with Gasteiger partial charge in [-0.05, 0) is 46.6 Å². The first kappa shape index (κ1) is 25.7. The third kappa shape index (κ3) is 13.5. The second kappa shape index (κ2) is 13.8. The molecule has 160 valence electrons. The highest BCUT2D eigenvalue weighted by molar-refractivity contribution is 5.70. The number of alkyl carbamates (subject to hydrolysis) is 1. The Morgan fingerprint density at radius 3 is 2.11 bits per heavy atom. The monoisotopic (exact) mass is 386 g/mol. The molecule has 6 nitrogen and oxygen atoms in total. The Kier molecular flexibility index (Phi) is 13.1. The summed E-state index contributed by atoms with van der Waals surface area (Å²) in [5, 5.41) is 12.5. The molecule has 0 aliphatic heterocycles. The minimum Gasteiger partial charge on any atom is -0.481 e. The van der Waals surface area contributed by atoms with Crippen molar-refractivity contribution in [1.29, 1.82) is 0 Å². The highest BCUT2D eigenvalue weighted by atomic mass is 16.6. The second-order valence-electron chi connectivity index (χ2n) is 8.42. The molecular weight excluding hydrogens is 344 g/mol. The molecule has 0 rings (SSSR count). The van der Waals surface area contributed by atoms with E-state index in [1.807, 2.05) is 20.8 Å². The van der Waals surface area contributed by atoms with Gasteiger partial charge in [0.25, 0.3) is 0 Å². The molecule has 0 spiro atoms. The first-order chi connectivity index (χ1) is 12.6. The maximum Gasteiger partial charge on any atom is 0.407 e. The summed E-state index contributed by atoms with van der Waals surface area (Å²) in [6, 6.07) is -0.0395. The molecule has 0 fully saturated rings. The fourth-order valence-electron chi connectivity index (χ4n) is 3.04. The Morgan fingerprint density at radius 1 is 1.00 bits per heavy atom. The normalized spacial score (nSPS) is 14.0. The predicted octanol–water partition coefficient (Wildman–Crippen LogP) is 4.67. The molecule has 0 aliphatic rings. The lowest BCUT2D eigenvalue weighted by molar-refractivity contribution is -0.142. The van der Waals surface area contributed by atoms with Crippen molar-refractivity contribution in [2.75, 3.05) is 19.6 Å². The van der Waals surface area contributed by atoms with Crippen LogP contribution >= 0.6 is 0 Å². The van der Waals surface area contributed by atoms with Gasteiger partial charge in [-0.25, -0.2) is 4.79 Å². The Labute approximate surface area is 166 Å². The van der Waals surface area contributed by atoms with Crippen molar-refractivity contribution in [3.05, 3.63) is 0 Å². The summed E-state index contributed by atoms with van der Waals surface area (Å²) in [6.45, 7) is 13.9. The number of carboxylic acid groups (broad SMARTS) is 1. The van der Waals surface area contributed by atoms with Crippen molar-refractivity contribution in [2.24, 2.45) is 5.92 Å². The van der Waals surface area contributed by atoms with Crippen molar-refractivity contribution in [3.63, 3.8) is 0 Å². The van der Waals surface area contributed by atoms with E-state index in [0.29, 0.717) is 19.5 Å². The predicted molar refractivity (Wildman–Crippen MR) is 110 cm³/mol. The molecule has 0 aromatic rings. The molecular formula is C21H42N2O4. The average molecular weight is 387 g/mol. The van der Waals surface area contributed by atoms with Crippen LogP contribution in [0.5, 0.6) is 0 Å². The Morgan fingerprint density at radius 2 is 1.63 bits per heavy atom. The van der Waals surface area contributed by atoms with Crippen LogP contribution in [0, 0.1) is 5.92 Å². The highest BCUT2D eigenvalue weighted by Gasteiger charge is 2.24. The zero-order valence-corrected chi connectivity index (χ0v) is 18.3. The molecule has 0 saturated carbocycles. The fraction of sp³-hybridized carbons (Fsp3) is 0.905. The van der Waals surface area contributed by atoms with Crippen LogP contribution in [-0.2, 0) is 9.53 Å². The topological polar surface area (TPSA) is 78.9 Å². The van der Waals surface area contributed by atoms with Crippen LogP contribution in [0.15, 0.2) is 0 Å². The highest BCUT2D eigenvalue weighted by Crippen LogP contribution is 2.14. The molecule has 0 heterocycles. The molecule has 0 unspecified atom stereocenters. The molecule has 0 aliphatic carbocycles.